The fraction of sp³-hybridized carbons (Fsp3) is 0.538. The van der Waals surface area contributed by atoms with Crippen molar-refractivity contribution in [1.82, 2.24) is 0 Å². The van der Waals surface area contributed by atoms with Crippen LogP contribution in [0.1, 0.15) is 35.8 Å². The van der Waals surface area contributed by atoms with E-state index in [9.17, 15) is 18.5 Å². The second kappa shape index (κ2) is 6.03. The smallest absolute Gasteiger partial charge is 0.304 e. The van der Waals surface area contributed by atoms with Crippen LogP contribution in [0.15, 0.2) is 0 Å². The van der Waals surface area contributed by atoms with E-state index in [1.165, 1.54) is 11.3 Å². The molecule has 0 spiro atoms. The largest absolute Gasteiger partial charge is 0.481 e. The highest BCUT2D eigenvalue weighted by atomic mass is 32.2. The molecule has 1 atom stereocenters. The third-order valence-electron chi connectivity index (χ3n) is 3.46. The number of carboxylic acids is 1. The van der Waals surface area contributed by atoms with E-state index in [1.54, 1.807) is 0 Å². The van der Waals surface area contributed by atoms with Crippen molar-refractivity contribution in [2.45, 2.75) is 32.6 Å². The molecule has 0 bridgehead atoms. The molecule has 0 fully saturated rings. The summed E-state index contributed by atoms with van der Waals surface area (Å²) in [4.78, 5) is 11.5. The number of nitrogens with zero attached hydrogens (tertiary/aromatic N) is 1. The van der Waals surface area contributed by atoms with Crippen LogP contribution in [-0.2, 0) is 27.7 Å². The van der Waals surface area contributed by atoms with Crippen molar-refractivity contribution in [3.8, 4) is 6.07 Å². The molecule has 8 heteroatoms. The molecule has 114 valence electrons. The SMILES string of the molecule is CC1CCc2c(sc(NS(=O)(=O)CCC(=O)O)c2C#N)C1. The molecule has 6 nitrogen and oxygen atoms in total. The predicted octanol–water partition coefficient (Wildman–Crippen LogP) is 1.96. The highest BCUT2D eigenvalue weighted by Crippen LogP contribution is 2.39. The molecule has 1 aliphatic rings. The summed E-state index contributed by atoms with van der Waals surface area (Å²) in [7, 11) is -3.75. The van der Waals surface area contributed by atoms with Gasteiger partial charge in [0.25, 0.3) is 0 Å². The third kappa shape index (κ3) is 3.74. The van der Waals surface area contributed by atoms with Gasteiger partial charge in [-0.05, 0) is 30.7 Å². The Labute approximate surface area is 127 Å². The molecule has 0 saturated heterocycles. The molecule has 1 aromatic rings. The first-order chi connectivity index (χ1) is 9.82. The molecular weight excluding hydrogens is 312 g/mol. The minimum atomic E-state index is -3.75. The van der Waals surface area contributed by atoms with Gasteiger partial charge >= 0.3 is 5.97 Å². The van der Waals surface area contributed by atoms with Crippen LogP contribution in [0.4, 0.5) is 5.00 Å². The van der Waals surface area contributed by atoms with Gasteiger partial charge in [-0.3, -0.25) is 9.52 Å². The molecule has 2 rings (SSSR count). The summed E-state index contributed by atoms with van der Waals surface area (Å²) in [5.74, 6) is -1.13. The Bertz CT molecular complexity index is 700. The van der Waals surface area contributed by atoms with Crippen LogP contribution in [0.2, 0.25) is 0 Å². The van der Waals surface area contributed by atoms with E-state index < -0.39 is 28.2 Å². The molecule has 1 unspecified atom stereocenters. The zero-order valence-electron chi connectivity index (χ0n) is 11.5. The highest BCUT2D eigenvalue weighted by Gasteiger charge is 2.26. The number of nitriles is 1. The Morgan fingerprint density at radius 3 is 2.90 bits per heavy atom. The van der Waals surface area contributed by atoms with Gasteiger partial charge in [-0.15, -0.1) is 11.3 Å². The monoisotopic (exact) mass is 328 g/mol. The number of fused-ring (bicyclic) bond motifs is 1. The maximum atomic E-state index is 11.9. The number of hydrogen-bond acceptors (Lipinski definition) is 5. The van der Waals surface area contributed by atoms with Crippen LogP contribution in [0.25, 0.3) is 0 Å². The molecule has 1 heterocycles. The van der Waals surface area contributed by atoms with E-state index in [0.29, 0.717) is 16.5 Å². The van der Waals surface area contributed by atoms with E-state index >= 15 is 0 Å². The van der Waals surface area contributed by atoms with Gasteiger partial charge < -0.3 is 5.11 Å². The molecule has 0 amide bonds. The average Bonchev–Trinajstić information content (AvgIpc) is 2.71. The van der Waals surface area contributed by atoms with Crippen molar-refractivity contribution in [2.75, 3.05) is 10.5 Å². The lowest BCUT2D eigenvalue weighted by Crippen LogP contribution is -2.18. The average molecular weight is 328 g/mol. The maximum absolute atomic E-state index is 11.9. The zero-order valence-corrected chi connectivity index (χ0v) is 13.2. The Morgan fingerprint density at radius 2 is 2.29 bits per heavy atom. The summed E-state index contributed by atoms with van der Waals surface area (Å²) in [6, 6.07) is 2.07. The van der Waals surface area contributed by atoms with Crippen molar-refractivity contribution in [1.29, 1.82) is 5.26 Å². The number of rotatable bonds is 5. The van der Waals surface area contributed by atoms with Gasteiger partial charge in [-0.2, -0.15) is 5.26 Å². The van der Waals surface area contributed by atoms with Gasteiger partial charge in [0.05, 0.1) is 17.7 Å². The van der Waals surface area contributed by atoms with E-state index in [-0.39, 0.29) is 0 Å². The van der Waals surface area contributed by atoms with Gasteiger partial charge in [0.1, 0.15) is 11.1 Å². The Hall–Kier alpha value is -1.59. The minimum absolute atomic E-state index is 0.321. The second-order valence-corrected chi connectivity index (χ2v) is 8.18. The topological polar surface area (TPSA) is 107 Å². The number of anilines is 1. The summed E-state index contributed by atoms with van der Waals surface area (Å²) in [5, 5.41) is 18.2. The fourth-order valence-electron chi connectivity index (χ4n) is 2.35. The highest BCUT2D eigenvalue weighted by molar-refractivity contribution is 7.92. The summed E-state index contributed by atoms with van der Waals surface area (Å²) in [6.07, 6.45) is 2.17. The molecule has 1 aromatic heterocycles. The summed E-state index contributed by atoms with van der Waals surface area (Å²) < 4.78 is 26.1. The lowest BCUT2D eigenvalue weighted by atomic mass is 9.89. The molecular formula is C13H16N2O4S2. The first-order valence-electron chi connectivity index (χ1n) is 6.59. The van der Waals surface area contributed by atoms with Crippen LogP contribution in [0, 0.1) is 17.2 Å². The summed E-state index contributed by atoms with van der Waals surface area (Å²) in [6.45, 7) is 2.13. The van der Waals surface area contributed by atoms with Crippen molar-refractivity contribution in [2.24, 2.45) is 5.92 Å². The van der Waals surface area contributed by atoms with Crippen molar-refractivity contribution < 1.29 is 18.3 Å². The van der Waals surface area contributed by atoms with Gasteiger partial charge in [-0.25, -0.2) is 8.42 Å². The number of hydrogen-bond donors (Lipinski definition) is 2. The first kappa shape index (κ1) is 15.8. The molecule has 21 heavy (non-hydrogen) atoms. The molecule has 0 aromatic carbocycles. The molecule has 1 aliphatic carbocycles. The van der Waals surface area contributed by atoms with E-state index in [4.69, 9.17) is 5.11 Å². The van der Waals surface area contributed by atoms with Gasteiger partial charge in [-0.1, -0.05) is 6.92 Å². The number of thiophene rings is 1. The van der Waals surface area contributed by atoms with Crippen LogP contribution in [0.3, 0.4) is 0 Å². The van der Waals surface area contributed by atoms with E-state index in [1.807, 2.05) is 0 Å². The van der Waals surface area contributed by atoms with E-state index in [0.717, 1.165) is 29.7 Å². The number of carbonyl (C=O) groups is 1. The molecule has 0 aliphatic heterocycles. The minimum Gasteiger partial charge on any atom is -0.481 e. The number of carboxylic acid groups (broad SMARTS) is 1. The van der Waals surface area contributed by atoms with Gasteiger partial charge in [0.15, 0.2) is 0 Å². The van der Waals surface area contributed by atoms with Crippen LogP contribution in [0.5, 0.6) is 0 Å². The fourth-order valence-corrected chi connectivity index (χ4v) is 5.04. The third-order valence-corrected chi connectivity index (χ3v) is 6.01. The maximum Gasteiger partial charge on any atom is 0.304 e. The van der Waals surface area contributed by atoms with E-state index in [2.05, 4.69) is 17.7 Å². The Balaban J connectivity index is 2.25. The molecule has 2 N–H and O–H groups in total. The lowest BCUT2D eigenvalue weighted by molar-refractivity contribution is -0.136. The normalized spacial score (nSPS) is 17.8. The number of nitrogens with one attached hydrogen (secondary N) is 1. The predicted molar refractivity (Wildman–Crippen MR) is 79.9 cm³/mol. The zero-order chi connectivity index (χ0) is 15.6. The summed E-state index contributed by atoms with van der Waals surface area (Å²) in [5.41, 5.74) is 1.33. The second-order valence-electron chi connectivity index (χ2n) is 5.23. The first-order valence-corrected chi connectivity index (χ1v) is 9.06. The quantitative estimate of drug-likeness (QED) is 0.859. The molecule has 0 saturated carbocycles. The van der Waals surface area contributed by atoms with Crippen molar-refractivity contribution in [3.63, 3.8) is 0 Å². The van der Waals surface area contributed by atoms with Crippen molar-refractivity contribution >= 4 is 32.3 Å². The standard InChI is InChI=1S/C13H16N2O4S2/c1-8-2-3-9-10(7-14)13(20-11(9)6-8)15-21(18,19)5-4-12(16)17/h8,15H,2-6H2,1H3,(H,16,17). The van der Waals surface area contributed by atoms with Gasteiger partial charge in [0, 0.05) is 4.88 Å². The number of aliphatic carboxylic acids is 1. The molecule has 0 radical (unpaired) electrons. The van der Waals surface area contributed by atoms with Crippen LogP contribution < -0.4 is 4.72 Å². The summed E-state index contributed by atoms with van der Waals surface area (Å²) >= 11 is 1.29. The lowest BCUT2D eigenvalue weighted by Gasteiger charge is -2.17. The van der Waals surface area contributed by atoms with Crippen molar-refractivity contribution in [3.05, 3.63) is 16.0 Å². The van der Waals surface area contributed by atoms with Crippen LogP contribution >= 0.6 is 11.3 Å². The Morgan fingerprint density at radius 1 is 1.57 bits per heavy atom. The number of sulfonamides is 1. The van der Waals surface area contributed by atoms with Crippen LogP contribution in [-0.4, -0.2) is 25.2 Å². The Kier molecular flexibility index (Phi) is 4.54. The van der Waals surface area contributed by atoms with Gasteiger partial charge in [0.2, 0.25) is 10.0 Å².